The summed E-state index contributed by atoms with van der Waals surface area (Å²) in [7, 11) is -1.21. The Kier molecular flexibility index (Phi) is 6.50. The molecule has 3 aromatic rings. The van der Waals surface area contributed by atoms with Crippen molar-refractivity contribution in [2.75, 3.05) is 24.3 Å². The molecule has 0 unspecified atom stereocenters. The molecule has 3 rings (SSSR count). The molecule has 0 spiro atoms. The molecule has 164 valence electrons. The molecular weight excluding hydrogens is 422 g/mol. The molecule has 1 aromatic heterocycles. The maximum Gasteiger partial charge on any atom is 0.265 e. The van der Waals surface area contributed by atoms with Crippen molar-refractivity contribution in [3.05, 3.63) is 48.2 Å². The minimum Gasteiger partial charge on any atom is -0.495 e. The summed E-state index contributed by atoms with van der Waals surface area (Å²) in [6, 6.07) is 11.3. The Balaban J connectivity index is 2.12. The Labute approximate surface area is 180 Å². The average Bonchev–Trinajstić information content (AvgIpc) is 3.15. The standard InChI is InChI=1S/C21H23N3O6S/c1-5-15-20(21(30-23-15)22-13(2)25)14-10-11-18(29-4)19(12-14)31(26,27)24-16-8-6-7-9-17(16)28-3/h6-12,24H,5H2,1-4H3,(H,22,25). The van der Waals surface area contributed by atoms with Gasteiger partial charge in [-0.25, -0.2) is 8.42 Å². The number of carbonyl (C=O) groups is 1. The first-order valence-corrected chi connectivity index (χ1v) is 10.9. The molecule has 0 fully saturated rings. The van der Waals surface area contributed by atoms with Crippen molar-refractivity contribution in [1.82, 2.24) is 5.16 Å². The van der Waals surface area contributed by atoms with Crippen molar-refractivity contribution in [2.45, 2.75) is 25.2 Å². The van der Waals surface area contributed by atoms with E-state index in [-0.39, 0.29) is 28.1 Å². The van der Waals surface area contributed by atoms with Crippen LogP contribution in [0.1, 0.15) is 19.5 Å². The number of benzene rings is 2. The van der Waals surface area contributed by atoms with Crippen LogP contribution >= 0.6 is 0 Å². The van der Waals surface area contributed by atoms with Crippen molar-refractivity contribution < 1.29 is 27.2 Å². The number of ether oxygens (including phenoxy) is 2. The third-order valence-corrected chi connectivity index (χ3v) is 5.87. The Morgan fingerprint density at radius 2 is 1.81 bits per heavy atom. The highest BCUT2D eigenvalue weighted by Gasteiger charge is 2.25. The number of nitrogens with one attached hydrogen (secondary N) is 2. The van der Waals surface area contributed by atoms with E-state index in [0.717, 1.165) is 0 Å². The third kappa shape index (κ3) is 4.64. The molecule has 0 atom stereocenters. The number of sulfonamides is 1. The van der Waals surface area contributed by atoms with Crippen molar-refractivity contribution in [1.29, 1.82) is 0 Å². The largest absolute Gasteiger partial charge is 0.495 e. The van der Waals surface area contributed by atoms with E-state index >= 15 is 0 Å². The summed E-state index contributed by atoms with van der Waals surface area (Å²) in [5, 5.41) is 6.57. The van der Waals surface area contributed by atoms with Gasteiger partial charge < -0.3 is 14.0 Å². The van der Waals surface area contributed by atoms with Gasteiger partial charge in [0.15, 0.2) is 0 Å². The van der Waals surface area contributed by atoms with Gasteiger partial charge in [-0.15, -0.1) is 0 Å². The van der Waals surface area contributed by atoms with Crippen LogP contribution in [0.2, 0.25) is 0 Å². The first-order valence-electron chi connectivity index (χ1n) is 9.41. The van der Waals surface area contributed by atoms with Gasteiger partial charge in [0.25, 0.3) is 10.0 Å². The van der Waals surface area contributed by atoms with Gasteiger partial charge in [-0.1, -0.05) is 30.3 Å². The first-order chi connectivity index (χ1) is 14.8. The van der Waals surface area contributed by atoms with Crippen LogP contribution < -0.4 is 19.5 Å². The summed E-state index contributed by atoms with van der Waals surface area (Å²) in [6.07, 6.45) is 0.520. The van der Waals surface area contributed by atoms with Crippen LogP contribution in [0.5, 0.6) is 11.5 Å². The number of rotatable bonds is 8. The van der Waals surface area contributed by atoms with Gasteiger partial charge >= 0.3 is 0 Å². The highest BCUT2D eigenvalue weighted by Crippen LogP contribution is 2.37. The van der Waals surface area contributed by atoms with E-state index < -0.39 is 10.0 Å². The summed E-state index contributed by atoms with van der Waals surface area (Å²) in [4.78, 5) is 11.5. The van der Waals surface area contributed by atoms with Gasteiger partial charge in [0, 0.05) is 6.92 Å². The predicted octanol–water partition coefficient (Wildman–Crippen LogP) is 3.68. The highest BCUT2D eigenvalue weighted by molar-refractivity contribution is 7.92. The second-order valence-electron chi connectivity index (χ2n) is 6.54. The van der Waals surface area contributed by atoms with Gasteiger partial charge in [-0.3, -0.25) is 14.8 Å². The monoisotopic (exact) mass is 445 g/mol. The Bertz CT molecular complexity index is 1200. The lowest BCUT2D eigenvalue weighted by atomic mass is 10.0. The lowest BCUT2D eigenvalue weighted by Crippen LogP contribution is -2.15. The smallest absolute Gasteiger partial charge is 0.265 e. The zero-order valence-corrected chi connectivity index (χ0v) is 18.4. The summed E-state index contributed by atoms with van der Waals surface area (Å²) < 4.78 is 44.8. The number of amides is 1. The van der Waals surface area contributed by atoms with Gasteiger partial charge in [0.05, 0.1) is 31.2 Å². The normalized spacial score (nSPS) is 11.1. The van der Waals surface area contributed by atoms with E-state index in [1.807, 2.05) is 6.92 Å². The summed E-state index contributed by atoms with van der Waals surface area (Å²) in [5.74, 6) is 0.345. The molecule has 0 radical (unpaired) electrons. The Hall–Kier alpha value is -3.53. The number of methoxy groups -OCH3 is 2. The van der Waals surface area contributed by atoms with Gasteiger partial charge in [-0.05, 0) is 36.2 Å². The fourth-order valence-corrected chi connectivity index (χ4v) is 4.34. The fraction of sp³-hybridized carbons (Fsp3) is 0.238. The molecule has 1 heterocycles. The molecule has 1 amide bonds. The number of anilines is 2. The second kappa shape index (κ2) is 9.09. The minimum atomic E-state index is -4.05. The number of aryl methyl sites for hydroxylation is 1. The zero-order valence-electron chi connectivity index (χ0n) is 17.6. The van der Waals surface area contributed by atoms with E-state index in [1.54, 1.807) is 30.3 Å². The molecular formula is C21H23N3O6S. The average molecular weight is 445 g/mol. The van der Waals surface area contributed by atoms with E-state index in [9.17, 15) is 13.2 Å². The lowest BCUT2D eigenvalue weighted by Gasteiger charge is -2.15. The van der Waals surface area contributed by atoms with Crippen LogP contribution in [-0.2, 0) is 21.2 Å². The van der Waals surface area contributed by atoms with Gasteiger partial charge in [-0.2, -0.15) is 0 Å². The van der Waals surface area contributed by atoms with Crippen LogP contribution in [0.3, 0.4) is 0 Å². The molecule has 9 nitrogen and oxygen atoms in total. The number of para-hydroxylation sites is 2. The van der Waals surface area contributed by atoms with Crippen molar-refractivity contribution in [3.63, 3.8) is 0 Å². The van der Waals surface area contributed by atoms with Crippen molar-refractivity contribution >= 4 is 27.5 Å². The summed E-state index contributed by atoms with van der Waals surface area (Å²) >= 11 is 0. The predicted molar refractivity (Wildman–Crippen MR) is 116 cm³/mol. The van der Waals surface area contributed by atoms with Crippen molar-refractivity contribution in [3.8, 4) is 22.6 Å². The number of carbonyl (C=O) groups excluding carboxylic acids is 1. The van der Waals surface area contributed by atoms with Gasteiger partial charge in [0.1, 0.15) is 16.4 Å². The molecule has 0 aliphatic heterocycles. The van der Waals surface area contributed by atoms with Crippen LogP contribution in [0, 0.1) is 0 Å². The van der Waals surface area contributed by atoms with E-state index in [1.165, 1.54) is 33.3 Å². The Morgan fingerprint density at radius 1 is 1.10 bits per heavy atom. The zero-order chi connectivity index (χ0) is 22.6. The molecule has 0 bridgehead atoms. The van der Waals surface area contributed by atoms with Crippen LogP contribution in [0.25, 0.3) is 11.1 Å². The molecule has 10 heteroatoms. The highest BCUT2D eigenvalue weighted by atomic mass is 32.2. The Morgan fingerprint density at radius 3 is 2.45 bits per heavy atom. The quantitative estimate of drug-likeness (QED) is 0.543. The topological polar surface area (TPSA) is 120 Å². The van der Waals surface area contributed by atoms with E-state index in [2.05, 4.69) is 15.2 Å². The molecule has 31 heavy (non-hydrogen) atoms. The molecule has 0 saturated carbocycles. The van der Waals surface area contributed by atoms with Crippen LogP contribution in [0.15, 0.2) is 51.9 Å². The number of aromatic nitrogens is 1. The minimum absolute atomic E-state index is 0.0876. The van der Waals surface area contributed by atoms with E-state index in [4.69, 9.17) is 14.0 Å². The van der Waals surface area contributed by atoms with Crippen LogP contribution in [-0.4, -0.2) is 33.7 Å². The third-order valence-electron chi connectivity index (χ3n) is 4.48. The first kappa shape index (κ1) is 22.2. The van der Waals surface area contributed by atoms with Gasteiger partial charge in [0.2, 0.25) is 11.8 Å². The maximum absolute atomic E-state index is 13.2. The molecule has 0 saturated heterocycles. The molecule has 0 aliphatic rings. The van der Waals surface area contributed by atoms with Crippen LogP contribution in [0.4, 0.5) is 11.6 Å². The number of hydrogen-bond acceptors (Lipinski definition) is 7. The SMILES string of the molecule is CCc1noc(NC(C)=O)c1-c1ccc(OC)c(S(=O)(=O)Nc2ccccc2OC)c1. The molecule has 2 aromatic carbocycles. The molecule has 2 N–H and O–H groups in total. The number of hydrogen-bond donors (Lipinski definition) is 2. The van der Waals surface area contributed by atoms with E-state index in [0.29, 0.717) is 29.0 Å². The lowest BCUT2D eigenvalue weighted by molar-refractivity contribution is -0.114. The fourth-order valence-electron chi connectivity index (χ4n) is 3.08. The second-order valence-corrected chi connectivity index (χ2v) is 8.19. The molecule has 0 aliphatic carbocycles. The maximum atomic E-state index is 13.2. The summed E-state index contributed by atoms with van der Waals surface area (Å²) in [6.45, 7) is 3.22. The number of nitrogens with zero attached hydrogens (tertiary/aromatic N) is 1. The van der Waals surface area contributed by atoms with Crippen molar-refractivity contribution in [2.24, 2.45) is 0 Å². The summed E-state index contributed by atoms with van der Waals surface area (Å²) in [5.41, 5.74) is 1.88.